The number of hydrogen-bond acceptors (Lipinski definition) is 9. The lowest BCUT2D eigenvalue weighted by atomic mass is 9.94. The summed E-state index contributed by atoms with van der Waals surface area (Å²) in [4.78, 5) is 40.2. The molecule has 258 valence electrons. The minimum Gasteiger partial charge on any atom is -0.475 e. The van der Waals surface area contributed by atoms with Crippen LogP contribution < -0.4 is 10.6 Å². The Kier molecular flexibility index (Phi) is 12.5. The predicted octanol–water partition coefficient (Wildman–Crippen LogP) is 4.74. The number of nitrogens with zero attached hydrogens (tertiary/aromatic N) is 4. The highest BCUT2D eigenvalue weighted by Gasteiger charge is 2.39. The molecule has 0 radical (unpaired) electrons. The second kappa shape index (κ2) is 15.4. The fourth-order valence-corrected chi connectivity index (χ4v) is 3.89. The number of piperidine rings is 1. The summed E-state index contributed by atoms with van der Waals surface area (Å²) in [5, 5.41) is 39.1. The summed E-state index contributed by atoms with van der Waals surface area (Å²) in [6.07, 6.45) is -7.03. The first kappa shape index (κ1) is 38.0. The maximum atomic E-state index is 11.0. The monoisotopic (exact) mass is 690 g/mol. The van der Waals surface area contributed by atoms with Crippen molar-refractivity contribution in [3.05, 3.63) is 42.6 Å². The van der Waals surface area contributed by atoms with E-state index >= 15 is 0 Å². The molecule has 13 nitrogen and oxygen atoms in total. The van der Waals surface area contributed by atoms with E-state index in [0.29, 0.717) is 17.4 Å². The van der Waals surface area contributed by atoms with Gasteiger partial charge in [0, 0.05) is 29.9 Å². The van der Waals surface area contributed by atoms with Crippen LogP contribution in [0.5, 0.6) is 0 Å². The summed E-state index contributed by atoms with van der Waals surface area (Å²) < 4.78 is 96.5. The summed E-state index contributed by atoms with van der Waals surface area (Å²) in [6, 6.07) is 5.77. The third-order valence-electron chi connectivity index (χ3n) is 5.97. The van der Waals surface area contributed by atoms with Gasteiger partial charge < -0.3 is 31.2 Å². The van der Waals surface area contributed by atoms with Crippen LogP contribution in [0.1, 0.15) is 18.7 Å². The molecule has 0 aromatic carbocycles. The van der Waals surface area contributed by atoms with E-state index in [1.54, 1.807) is 18.6 Å². The number of aromatic nitrogens is 4. The second-order valence-electron chi connectivity index (χ2n) is 9.29. The largest absolute Gasteiger partial charge is 0.490 e. The van der Waals surface area contributed by atoms with Crippen LogP contribution in [0.2, 0.25) is 0 Å². The van der Waals surface area contributed by atoms with Crippen LogP contribution in [0, 0.1) is 5.92 Å². The van der Waals surface area contributed by atoms with E-state index in [2.05, 4.69) is 20.6 Å². The quantitative estimate of drug-likeness (QED) is 0.125. The molecule has 0 bridgehead atoms. The fraction of sp³-hybridized carbons (Fsp3) is 0.360. The van der Waals surface area contributed by atoms with Crippen molar-refractivity contribution in [1.29, 1.82) is 0 Å². The summed E-state index contributed by atoms with van der Waals surface area (Å²) in [5.41, 5.74) is 4.04. The Balaban J connectivity index is 0.000000301. The van der Waals surface area contributed by atoms with E-state index in [0.717, 1.165) is 60.7 Å². The van der Waals surface area contributed by atoms with Gasteiger partial charge in [0.15, 0.2) is 0 Å². The highest BCUT2D eigenvalue weighted by Crippen LogP contribution is 2.43. The number of fused-ring (bicyclic) bond motifs is 5. The van der Waals surface area contributed by atoms with Crippen LogP contribution in [0.3, 0.4) is 0 Å². The SMILES string of the molecule is O=C(O)C(F)(F)F.O=C(O)C(F)(F)F.O=C(O)C(F)(F)F.On1c(CC2CCNCC2)nc2c1-c1ccncc1Nc1ncccc1-2. The lowest BCUT2D eigenvalue weighted by Crippen LogP contribution is -2.29. The zero-order valence-corrected chi connectivity index (χ0v) is 23.3. The Morgan fingerprint density at radius 1 is 0.830 bits per heavy atom. The Morgan fingerprint density at radius 3 is 1.83 bits per heavy atom. The normalized spacial score (nSPS) is 14.0. The van der Waals surface area contributed by atoms with Gasteiger partial charge in [-0.3, -0.25) is 4.98 Å². The van der Waals surface area contributed by atoms with Gasteiger partial charge in [-0.1, -0.05) is 0 Å². The first-order valence-electron chi connectivity index (χ1n) is 12.7. The van der Waals surface area contributed by atoms with Crippen molar-refractivity contribution in [2.75, 3.05) is 18.4 Å². The molecule has 22 heteroatoms. The van der Waals surface area contributed by atoms with Gasteiger partial charge in [0.05, 0.1) is 11.9 Å². The number of imidazole rings is 1. The summed E-state index contributed by atoms with van der Waals surface area (Å²) in [7, 11) is 0. The molecule has 0 amide bonds. The van der Waals surface area contributed by atoms with Crippen LogP contribution in [-0.4, -0.2) is 89.7 Å². The molecule has 1 fully saturated rings. The van der Waals surface area contributed by atoms with E-state index in [-0.39, 0.29) is 0 Å². The zero-order valence-electron chi connectivity index (χ0n) is 23.3. The number of halogens is 9. The van der Waals surface area contributed by atoms with Gasteiger partial charge in [0.2, 0.25) is 0 Å². The zero-order chi connectivity index (χ0) is 35.7. The van der Waals surface area contributed by atoms with Gasteiger partial charge in [-0.15, -0.1) is 0 Å². The third kappa shape index (κ3) is 11.0. The summed E-state index contributed by atoms with van der Waals surface area (Å²) in [5.74, 6) is -6.29. The molecule has 3 aromatic heterocycles. The van der Waals surface area contributed by atoms with Gasteiger partial charge in [0.25, 0.3) is 0 Å². The Labute approximate surface area is 256 Å². The van der Waals surface area contributed by atoms with Crippen LogP contribution in [0.15, 0.2) is 36.8 Å². The number of alkyl halides is 9. The van der Waals surface area contributed by atoms with Crippen molar-refractivity contribution in [3.63, 3.8) is 0 Å². The van der Waals surface area contributed by atoms with E-state index in [1.807, 2.05) is 18.2 Å². The van der Waals surface area contributed by atoms with Gasteiger partial charge in [0.1, 0.15) is 23.0 Å². The molecule has 5 heterocycles. The molecule has 3 aromatic rings. The van der Waals surface area contributed by atoms with E-state index in [1.165, 1.54) is 4.73 Å². The van der Waals surface area contributed by atoms with E-state index in [9.17, 15) is 44.7 Å². The van der Waals surface area contributed by atoms with Gasteiger partial charge in [-0.2, -0.15) is 44.2 Å². The van der Waals surface area contributed by atoms with Crippen LogP contribution in [0.25, 0.3) is 22.5 Å². The molecule has 0 saturated carbocycles. The average Bonchev–Trinajstić information content (AvgIpc) is 3.20. The molecule has 0 atom stereocenters. The number of rotatable bonds is 2. The number of nitrogens with one attached hydrogen (secondary N) is 2. The van der Waals surface area contributed by atoms with Crippen LogP contribution in [0.4, 0.5) is 51.0 Å². The standard InChI is InChI=1S/C19H20N6O.3C2HF3O2/c26-25-16(10-12-3-7-20-8-4-12)24-17-14-2-1-6-22-19(14)23-15-11-21-9-5-13(15)18(17)25;3*3-2(4,5)1(6)7/h1-2,5-6,9,11-12,20,26H,3-4,7-8,10H2,(H,22,23);3*(H,6,7). The molecule has 2 aliphatic rings. The number of pyridine rings is 2. The molecule has 0 unspecified atom stereocenters. The average molecular weight is 690 g/mol. The Morgan fingerprint density at radius 2 is 1.34 bits per heavy atom. The number of carboxylic acid groups (broad SMARTS) is 3. The number of carboxylic acids is 3. The van der Waals surface area contributed by atoms with Crippen LogP contribution >= 0.6 is 0 Å². The molecule has 0 spiro atoms. The molecular weight excluding hydrogens is 667 g/mol. The Hall–Kier alpha value is -5.15. The summed E-state index contributed by atoms with van der Waals surface area (Å²) in [6.45, 7) is 2.06. The van der Waals surface area contributed by atoms with Crippen molar-refractivity contribution in [3.8, 4) is 22.5 Å². The number of anilines is 2. The number of hydrogen-bond donors (Lipinski definition) is 6. The smallest absolute Gasteiger partial charge is 0.475 e. The van der Waals surface area contributed by atoms with E-state index < -0.39 is 36.4 Å². The van der Waals surface area contributed by atoms with Gasteiger partial charge >= 0.3 is 36.4 Å². The maximum Gasteiger partial charge on any atom is 0.490 e. The molecule has 0 aliphatic carbocycles. The first-order valence-corrected chi connectivity index (χ1v) is 12.7. The van der Waals surface area contributed by atoms with E-state index in [4.69, 9.17) is 34.7 Å². The highest BCUT2D eigenvalue weighted by atomic mass is 19.4. The van der Waals surface area contributed by atoms with Crippen molar-refractivity contribution in [1.82, 2.24) is 25.0 Å². The van der Waals surface area contributed by atoms with Gasteiger partial charge in [-0.25, -0.2) is 24.4 Å². The third-order valence-corrected chi connectivity index (χ3v) is 5.97. The van der Waals surface area contributed by atoms with Crippen molar-refractivity contribution in [2.45, 2.75) is 37.8 Å². The molecule has 47 heavy (non-hydrogen) atoms. The molecule has 1 saturated heterocycles. The molecule has 2 aliphatic heterocycles. The minimum atomic E-state index is -5.08. The number of carbonyl (C=O) groups is 3. The van der Waals surface area contributed by atoms with Crippen molar-refractivity contribution in [2.24, 2.45) is 5.92 Å². The Bertz CT molecular complexity index is 1500. The van der Waals surface area contributed by atoms with Crippen molar-refractivity contribution >= 4 is 29.4 Å². The lowest BCUT2D eigenvalue weighted by molar-refractivity contribution is -0.193. The van der Waals surface area contributed by atoms with Crippen LogP contribution in [-0.2, 0) is 20.8 Å². The lowest BCUT2D eigenvalue weighted by Gasteiger charge is -2.21. The molecule has 6 N–H and O–H groups in total. The first-order chi connectivity index (χ1) is 21.6. The number of aliphatic carboxylic acids is 3. The predicted molar refractivity (Wildman–Crippen MR) is 140 cm³/mol. The molecular formula is C25H23F9N6O7. The maximum absolute atomic E-state index is 11.0. The van der Waals surface area contributed by atoms with Crippen molar-refractivity contribution < 1.29 is 74.4 Å². The summed E-state index contributed by atoms with van der Waals surface area (Å²) >= 11 is 0. The second-order valence-corrected chi connectivity index (χ2v) is 9.29. The highest BCUT2D eigenvalue weighted by molar-refractivity contribution is 5.94. The fourth-order valence-electron chi connectivity index (χ4n) is 3.89. The minimum absolute atomic E-state index is 0.539. The topological polar surface area (TPSA) is 200 Å². The molecule has 5 rings (SSSR count). The van der Waals surface area contributed by atoms with Gasteiger partial charge in [-0.05, 0) is 50.0 Å².